The Kier molecular flexibility index (Phi) is 8.07. The van der Waals surface area contributed by atoms with Crippen molar-refractivity contribution in [3.05, 3.63) is 0 Å². The van der Waals surface area contributed by atoms with E-state index < -0.39 is 0 Å². The standard InChI is InChI=1S/C15H30N2O2/c1-4-6-9-17-11-12-19-14(13-17)8-10-16(3)15(18)7-5-2/h14H,4-13H2,1-3H3/t14-/m0/s1. The highest BCUT2D eigenvalue weighted by atomic mass is 16.5. The van der Waals surface area contributed by atoms with Crippen LogP contribution in [0.4, 0.5) is 0 Å². The molecule has 1 amide bonds. The molecule has 0 aromatic carbocycles. The van der Waals surface area contributed by atoms with Gasteiger partial charge in [-0.3, -0.25) is 9.69 Å². The van der Waals surface area contributed by atoms with Crippen LogP contribution in [-0.4, -0.2) is 61.6 Å². The van der Waals surface area contributed by atoms with Gasteiger partial charge in [0.1, 0.15) is 0 Å². The minimum absolute atomic E-state index is 0.251. The molecule has 0 saturated carbocycles. The molecule has 0 N–H and O–H groups in total. The van der Waals surface area contributed by atoms with E-state index in [2.05, 4.69) is 11.8 Å². The minimum atomic E-state index is 0.251. The van der Waals surface area contributed by atoms with Crippen LogP contribution < -0.4 is 0 Å². The summed E-state index contributed by atoms with van der Waals surface area (Å²) in [5, 5.41) is 0. The Bertz CT molecular complexity index is 259. The summed E-state index contributed by atoms with van der Waals surface area (Å²) in [5.74, 6) is 0.251. The first-order chi connectivity index (χ1) is 9.17. The first kappa shape index (κ1) is 16.4. The summed E-state index contributed by atoms with van der Waals surface area (Å²) in [5.41, 5.74) is 0. The molecule has 0 aromatic rings. The van der Waals surface area contributed by atoms with Gasteiger partial charge in [0.25, 0.3) is 0 Å². The molecule has 1 rings (SSSR count). The zero-order chi connectivity index (χ0) is 14.1. The lowest BCUT2D eigenvalue weighted by molar-refractivity contribution is -0.130. The van der Waals surface area contributed by atoms with E-state index in [1.807, 2.05) is 18.9 Å². The zero-order valence-corrected chi connectivity index (χ0v) is 12.9. The molecule has 4 nitrogen and oxygen atoms in total. The van der Waals surface area contributed by atoms with Crippen LogP contribution in [0, 0.1) is 0 Å². The van der Waals surface area contributed by atoms with Gasteiger partial charge in [0, 0.05) is 33.1 Å². The fraction of sp³-hybridized carbons (Fsp3) is 0.933. The molecule has 0 radical (unpaired) electrons. The normalized spacial score (nSPS) is 20.5. The average Bonchev–Trinajstić information content (AvgIpc) is 2.43. The average molecular weight is 270 g/mol. The summed E-state index contributed by atoms with van der Waals surface area (Å²) >= 11 is 0. The molecular weight excluding hydrogens is 240 g/mol. The Balaban J connectivity index is 2.22. The Hall–Kier alpha value is -0.610. The fourth-order valence-corrected chi connectivity index (χ4v) is 2.41. The van der Waals surface area contributed by atoms with Gasteiger partial charge in [-0.05, 0) is 25.8 Å². The molecule has 0 spiro atoms. The van der Waals surface area contributed by atoms with E-state index in [0.717, 1.165) is 39.1 Å². The van der Waals surface area contributed by atoms with E-state index in [1.165, 1.54) is 19.4 Å². The number of hydrogen-bond acceptors (Lipinski definition) is 3. The molecule has 0 aromatic heterocycles. The minimum Gasteiger partial charge on any atom is -0.375 e. The molecule has 112 valence electrons. The van der Waals surface area contributed by atoms with Crippen LogP contribution in [-0.2, 0) is 9.53 Å². The highest BCUT2D eigenvalue weighted by Gasteiger charge is 2.20. The van der Waals surface area contributed by atoms with E-state index in [9.17, 15) is 4.79 Å². The Labute approximate surface area is 118 Å². The van der Waals surface area contributed by atoms with Crippen LogP contribution in [0.15, 0.2) is 0 Å². The molecule has 4 heteroatoms. The van der Waals surface area contributed by atoms with E-state index in [0.29, 0.717) is 12.5 Å². The van der Waals surface area contributed by atoms with Crippen molar-refractivity contribution in [2.75, 3.05) is 39.8 Å². The van der Waals surface area contributed by atoms with Gasteiger partial charge < -0.3 is 9.64 Å². The number of amides is 1. The predicted molar refractivity (Wildman–Crippen MR) is 78.3 cm³/mol. The second-order valence-electron chi connectivity index (χ2n) is 5.50. The molecule has 19 heavy (non-hydrogen) atoms. The number of carbonyl (C=O) groups is 1. The number of unbranched alkanes of at least 4 members (excludes halogenated alkanes) is 1. The molecule has 1 fully saturated rings. The maximum atomic E-state index is 11.7. The van der Waals surface area contributed by atoms with Gasteiger partial charge >= 0.3 is 0 Å². The Morgan fingerprint density at radius 2 is 2.16 bits per heavy atom. The zero-order valence-electron chi connectivity index (χ0n) is 12.9. The predicted octanol–water partition coefficient (Wildman–Crippen LogP) is 2.14. The molecule has 1 aliphatic rings. The maximum Gasteiger partial charge on any atom is 0.222 e. The third-order valence-electron chi connectivity index (χ3n) is 3.73. The number of nitrogens with zero attached hydrogens (tertiary/aromatic N) is 2. The van der Waals surface area contributed by atoms with Crippen molar-refractivity contribution in [3.63, 3.8) is 0 Å². The second kappa shape index (κ2) is 9.32. The smallest absolute Gasteiger partial charge is 0.222 e. The Morgan fingerprint density at radius 3 is 2.84 bits per heavy atom. The molecule has 1 saturated heterocycles. The van der Waals surface area contributed by atoms with Crippen LogP contribution >= 0.6 is 0 Å². The topological polar surface area (TPSA) is 32.8 Å². The van der Waals surface area contributed by atoms with E-state index in [-0.39, 0.29) is 5.91 Å². The summed E-state index contributed by atoms with van der Waals surface area (Å²) in [6, 6.07) is 0. The van der Waals surface area contributed by atoms with E-state index in [4.69, 9.17) is 4.74 Å². The van der Waals surface area contributed by atoms with Crippen molar-refractivity contribution >= 4 is 5.91 Å². The molecule has 1 heterocycles. The lowest BCUT2D eigenvalue weighted by Crippen LogP contribution is -2.44. The van der Waals surface area contributed by atoms with Crippen LogP contribution in [0.1, 0.15) is 46.0 Å². The van der Waals surface area contributed by atoms with E-state index in [1.54, 1.807) is 0 Å². The van der Waals surface area contributed by atoms with Gasteiger partial charge in [-0.2, -0.15) is 0 Å². The van der Waals surface area contributed by atoms with Gasteiger partial charge in [0.2, 0.25) is 5.91 Å². The van der Waals surface area contributed by atoms with Crippen molar-refractivity contribution in [2.24, 2.45) is 0 Å². The maximum absolute atomic E-state index is 11.7. The highest BCUT2D eigenvalue weighted by Crippen LogP contribution is 2.10. The number of ether oxygens (including phenoxy) is 1. The second-order valence-corrected chi connectivity index (χ2v) is 5.50. The van der Waals surface area contributed by atoms with Crippen molar-refractivity contribution in [1.29, 1.82) is 0 Å². The van der Waals surface area contributed by atoms with Crippen molar-refractivity contribution in [3.8, 4) is 0 Å². The molecular formula is C15H30N2O2. The number of rotatable bonds is 8. The molecule has 0 bridgehead atoms. The quantitative estimate of drug-likeness (QED) is 0.677. The monoisotopic (exact) mass is 270 g/mol. The lowest BCUT2D eigenvalue weighted by Gasteiger charge is -2.33. The van der Waals surface area contributed by atoms with Crippen molar-refractivity contribution < 1.29 is 9.53 Å². The van der Waals surface area contributed by atoms with Crippen LogP contribution in [0.3, 0.4) is 0 Å². The summed E-state index contributed by atoms with van der Waals surface area (Å²) in [6.07, 6.45) is 5.34. The van der Waals surface area contributed by atoms with Crippen LogP contribution in [0.25, 0.3) is 0 Å². The fourth-order valence-electron chi connectivity index (χ4n) is 2.41. The highest BCUT2D eigenvalue weighted by molar-refractivity contribution is 5.75. The van der Waals surface area contributed by atoms with Crippen molar-refractivity contribution in [1.82, 2.24) is 9.80 Å². The third-order valence-corrected chi connectivity index (χ3v) is 3.73. The van der Waals surface area contributed by atoms with Gasteiger partial charge in [-0.25, -0.2) is 0 Å². The summed E-state index contributed by atoms with van der Waals surface area (Å²) < 4.78 is 5.80. The first-order valence-electron chi connectivity index (χ1n) is 7.75. The largest absolute Gasteiger partial charge is 0.375 e. The van der Waals surface area contributed by atoms with Crippen LogP contribution in [0.2, 0.25) is 0 Å². The van der Waals surface area contributed by atoms with E-state index >= 15 is 0 Å². The third kappa shape index (κ3) is 6.39. The Morgan fingerprint density at radius 1 is 1.37 bits per heavy atom. The van der Waals surface area contributed by atoms with Gasteiger partial charge in [0.15, 0.2) is 0 Å². The SMILES string of the molecule is CCCCN1CCO[C@@H](CCN(C)C(=O)CCC)C1. The molecule has 0 unspecified atom stereocenters. The van der Waals surface area contributed by atoms with Crippen LogP contribution in [0.5, 0.6) is 0 Å². The summed E-state index contributed by atoms with van der Waals surface area (Å²) in [7, 11) is 1.90. The number of hydrogen-bond donors (Lipinski definition) is 0. The summed E-state index contributed by atoms with van der Waals surface area (Å²) in [4.78, 5) is 16.0. The summed E-state index contributed by atoms with van der Waals surface area (Å²) in [6.45, 7) is 9.18. The lowest BCUT2D eigenvalue weighted by atomic mass is 10.2. The van der Waals surface area contributed by atoms with Gasteiger partial charge in [-0.15, -0.1) is 0 Å². The first-order valence-corrected chi connectivity index (χ1v) is 7.75. The van der Waals surface area contributed by atoms with Gasteiger partial charge in [-0.1, -0.05) is 20.3 Å². The number of morpholine rings is 1. The molecule has 1 aliphatic heterocycles. The molecule has 1 atom stereocenters. The number of carbonyl (C=O) groups excluding carboxylic acids is 1. The van der Waals surface area contributed by atoms with Crippen molar-refractivity contribution in [2.45, 2.75) is 52.1 Å². The molecule has 0 aliphatic carbocycles. The van der Waals surface area contributed by atoms with Gasteiger partial charge in [0.05, 0.1) is 12.7 Å².